The molecule has 0 aliphatic heterocycles. The van der Waals surface area contributed by atoms with Crippen LogP contribution in [0.2, 0.25) is 0 Å². The summed E-state index contributed by atoms with van der Waals surface area (Å²) in [5.41, 5.74) is 0. The number of hydrogen-bond donors (Lipinski definition) is 1. The van der Waals surface area contributed by atoms with Crippen LogP contribution >= 0.6 is 12.2 Å². The van der Waals surface area contributed by atoms with Crippen molar-refractivity contribution in [3.05, 3.63) is 4.77 Å². The van der Waals surface area contributed by atoms with Gasteiger partial charge < -0.3 is 4.90 Å². The van der Waals surface area contributed by atoms with Crippen molar-refractivity contribution >= 4 is 18.2 Å². The molecule has 0 aliphatic rings. The van der Waals surface area contributed by atoms with Crippen LogP contribution in [0.3, 0.4) is 0 Å². The lowest BCUT2D eigenvalue weighted by atomic mass is 10.3. The fourth-order valence-electron chi connectivity index (χ4n) is 1.58. The molecule has 0 aromatic carbocycles. The van der Waals surface area contributed by atoms with Crippen molar-refractivity contribution in [2.45, 2.75) is 40.2 Å². The predicted molar refractivity (Wildman–Crippen MR) is 65.9 cm³/mol. The zero-order chi connectivity index (χ0) is 11.3. The third kappa shape index (κ3) is 2.81. The van der Waals surface area contributed by atoms with Crippen LogP contribution in [0.4, 0.5) is 5.95 Å². The molecule has 0 unspecified atom stereocenters. The number of nitrogens with zero attached hydrogens (tertiary/aromatic N) is 3. The van der Waals surface area contributed by atoms with Crippen LogP contribution in [0, 0.1) is 4.77 Å². The van der Waals surface area contributed by atoms with E-state index >= 15 is 0 Å². The number of aromatic amines is 1. The first-order valence-corrected chi connectivity index (χ1v) is 6.05. The van der Waals surface area contributed by atoms with Crippen molar-refractivity contribution in [3.8, 4) is 0 Å². The van der Waals surface area contributed by atoms with Gasteiger partial charge >= 0.3 is 0 Å². The molecule has 0 spiro atoms. The summed E-state index contributed by atoms with van der Waals surface area (Å²) in [4.78, 5) is 2.26. The van der Waals surface area contributed by atoms with Gasteiger partial charge in [-0.25, -0.2) is 5.10 Å². The largest absolute Gasteiger partial charge is 0.341 e. The lowest BCUT2D eigenvalue weighted by Crippen LogP contribution is -2.27. The molecule has 0 saturated heterocycles. The Kier molecular flexibility index (Phi) is 4.81. The van der Waals surface area contributed by atoms with Gasteiger partial charge in [0.1, 0.15) is 0 Å². The van der Waals surface area contributed by atoms with Crippen molar-refractivity contribution < 1.29 is 0 Å². The maximum Gasteiger partial charge on any atom is 0.225 e. The van der Waals surface area contributed by atoms with Crippen LogP contribution in [0.5, 0.6) is 0 Å². The molecule has 0 saturated carbocycles. The summed E-state index contributed by atoms with van der Waals surface area (Å²) >= 11 is 5.17. The van der Waals surface area contributed by atoms with E-state index in [2.05, 4.69) is 35.9 Å². The maximum atomic E-state index is 5.17. The van der Waals surface area contributed by atoms with E-state index in [0.29, 0.717) is 4.77 Å². The number of unbranched alkanes of at least 4 members (excludes halogenated alkanes) is 1. The highest BCUT2D eigenvalue weighted by Crippen LogP contribution is 2.11. The lowest BCUT2D eigenvalue weighted by Gasteiger charge is -2.21. The van der Waals surface area contributed by atoms with E-state index in [0.717, 1.165) is 25.6 Å². The van der Waals surface area contributed by atoms with Crippen molar-refractivity contribution in [3.63, 3.8) is 0 Å². The number of anilines is 1. The zero-order valence-electron chi connectivity index (χ0n) is 9.79. The fourth-order valence-corrected chi connectivity index (χ4v) is 1.84. The van der Waals surface area contributed by atoms with Crippen LogP contribution in [-0.2, 0) is 6.54 Å². The van der Waals surface area contributed by atoms with Gasteiger partial charge in [-0.15, -0.1) is 5.10 Å². The van der Waals surface area contributed by atoms with E-state index in [9.17, 15) is 0 Å². The standard InChI is InChI=1S/C10H20N4S/c1-4-7-8-13(5-2)9-11-12-10(15)14(9)6-3/h4-8H2,1-3H3,(H,12,15). The highest BCUT2D eigenvalue weighted by molar-refractivity contribution is 7.71. The number of hydrogen-bond acceptors (Lipinski definition) is 3. The van der Waals surface area contributed by atoms with Crippen LogP contribution in [0.1, 0.15) is 33.6 Å². The van der Waals surface area contributed by atoms with Gasteiger partial charge in [0.25, 0.3) is 0 Å². The van der Waals surface area contributed by atoms with Gasteiger partial charge in [0.2, 0.25) is 5.95 Å². The molecule has 4 nitrogen and oxygen atoms in total. The summed E-state index contributed by atoms with van der Waals surface area (Å²) in [5.74, 6) is 0.971. The number of nitrogens with one attached hydrogen (secondary N) is 1. The van der Waals surface area contributed by atoms with Crippen molar-refractivity contribution in [1.82, 2.24) is 14.8 Å². The summed E-state index contributed by atoms with van der Waals surface area (Å²) in [7, 11) is 0. The molecule has 0 fully saturated rings. The van der Waals surface area contributed by atoms with Crippen LogP contribution in [0.15, 0.2) is 0 Å². The summed E-state index contributed by atoms with van der Waals surface area (Å²) in [6.45, 7) is 9.32. The van der Waals surface area contributed by atoms with E-state index in [4.69, 9.17) is 12.2 Å². The number of aromatic nitrogens is 3. The molecule has 0 aliphatic carbocycles. The lowest BCUT2D eigenvalue weighted by molar-refractivity contribution is 0.668. The molecule has 15 heavy (non-hydrogen) atoms. The van der Waals surface area contributed by atoms with E-state index in [1.807, 2.05) is 4.57 Å². The Bertz CT molecular complexity index is 341. The first-order chi connectivity index (χ1) is 7.24. The second kappa shape index (κ2) is 5.90. The Morgan fingerprint density at radius 1 is 1.40 bits per heavy atom. The minimum atomic E-state index is 0.711. The monoisotopic (exact) mass is 228 g/mol. The molecule has 0 amide bonds. The summed E-state index contributed by atoms with van der Waals surface area (Å²) in [5, 5.41) is 7.14. The topological polar surface area (TPSA) is 36.9 Å². The van der Waals surface area contributed by atoms with Crippen LogP contribution < -0.4 is 4.90 Å². The minimum absolute atomic E-state index is 0.711. The summed E-state index contributed by atoms with van der Waals surface area (Å²) < 4.78 is 2.75. The second-order valence-electron chi connectivity index (χ2n) is 3.51. The Morgan fingerprint density at radius 3 is 2.67 bits per heavy atom. The normalized spacial score (nSPS) is 10.6. The first-order valence-electron chi connectivity index (χ1n) is 5.64. The maximum absolute atomic E-state index is 5.17. The Hall–Kier alpha value is -0.840. The Morgan fingerprint density at radius 2 is 2.13 bits per heavy atom. The average molecular weight is 228 g/mol. The summed E-state index contributed by atoms with van der Waals surface area (Å²) in [6, 6.07) is 0. The van der Waals surface area contributed by atoms with Gasteiger partial charge in [0.05, 0.1) is 0 Å². The van der Waals surface area contributed by atoms with Crippen molar-refractivity contribution in [1.29, 1.82) is 0 Å². The van der Waals surface area contributed by atoms with Gasteiger partial charge in [-0.2, -0.15) is 0 Å². The fraction of sp³-hybridized carbons (Fsp3) is 0.800. The van der Waals surface area contributed by atoms with Gasteiger partial charge in [-0.05, 0) is 32.5 Å². The summed E-state index contributed by atoms with van der Waals surface area (Å²) in [6.07, 6.45) is 2.39. The second-order valence-corrected chi connectivity index (χ2v) is 3.89. The molecule has 0 atom stereocenters. The van der Waals surface area contributed by atoms with Gasteiger partial charge in [0, 0.05) is 19.6 Å². The smallest absolute Gasteiger partial charge is 0.225 e. The number of H-pyrrole nitrogens is 1. The third-order valence-corrected chi connectivity index (χ3v) is 2.81. The van der Waals surface area contributed by atoms with Gasteiger partial charge in [-0.3, -0.25) is 4.57 Å². The Balaban J connectivity index is 2.86. The first kappa shape index (κ1) is 12.2. The third-order valence-electron chi connectivity index (χ3n) is 2.50. The quantitative estimate of drug-likeness (QED) is 0.760. The molecule has 1 aromatic rings. The molecule has 1 N–H and O–H groups in total. The average Bonchev–Trinajstić information content (AvgIpc) is 2.61. The SMILES string of the molecule is CCCCN(CC)c1n[nH]c(=S)n1CC. The molecular formula is C10H20N4S. The molecule has 5 heteroatoms. The number of rotatable bonds is 6. The molecule has 86 valence electrons. The molecule has 1 aromatic heterocycles. The Labute approximate surface area is 96.3 Å². The van der Waals surface area contributed by atoms with E-state index in [-0.39, 0.29) is 0 Å². The van der Waals surface area contributed by atoms with Crippen LogP contribution in [-0.4, -0.2) is 27.9 Å². The predicted octanol–water partition coefficient (Wildman–Crippen LogP) is 2.59. The molecule has 0 bridgehead atoms. The molecular weight excluding hydrogens is 208 g/mol. The molecule has 1 heterocycles. The van der Waals surface area contributed by atoms with Crippen molar-refractivity contribution in [2.75, 3.05) is 18.0 Å². The van der Waals surface area contributed by atoms with Crippen molar-refractivity contribution in [2.24, 2.45) is 0 Å². The van der Waals surface area contributed by atoms with Gasteiger partial charge in [0.15, 0.2) is 4.77 Å². The van der Waals surface area contributed by atoms with Crippen LogP contribution in [0.25, 0.3) is 0 Å². The highest BCUT2D eigenvalue weighted by atomic mass is 32.1. The highest BCUT2D eigenvalue weighted by Gasteiger charge is 2.11. The minimum Gasteiger partial charge on any atom is -0.341 e. The van der Waals surface area contributed by atoms with Gasteiger partial charge in [-0.1, -0.05) is 13.3 Å². The van der Waals surface area contributed by atoms with E-state index < -0.39 is 0 Å². The molecule has 1 rings (SSSR count). The van der Waals surface area contributed by atoms with E-state index in [1.54, 1.807) is 0 Å². The molecule has 0 radical (unpaired) electrons. The van der Waals surface area contributed by atoms with E-state index in [1.165, 1.54) is 12.8 Å². The zero-order valence-corrected chi connectivity index (χ0v) is 10.6.